The van der Waals surface area contributed by atoms with Crippen LogP contribution in [0.4, 0.5) is 0 Å². The van der Waals surface area contributed by atoms with Gasteiger partial charge in [-0.15, -0.1) is 0 Å². The molecule has 3 heteroatoms. The molecule has 16 heavy (non-hydrogen) atoms. The van der Waals surface area contributed by atoms with Crippen LogP contribution in [0.25, 0.3) is 0 Å². The van der Waals surface area contributed by atoms with Crippen molar-refractivity contribution in [2.45, 2.75) is 70.2 Å². The van der Waals surface area contributed by atoms with E-state index in [1.165, 1.54) is 0 Å². The summed E-state index contributed by atoms with van der Waals surface area (Å²) >= 11 is 3.53. The van der Waals surface area contributed by atoms with Gasteiger partial charge in [-0.2, -0.15) is 0 Å². The smallest absolute Gasteiger partial charge is 0.312 e. The van der Waals surface area contributed by atoms with E-state index in [1.807, 2.05) is 20.8 Å². The van der Waals surface area contributed by atoms with Crippen LogP contribution in [-0.2, 0) is 9.53 Å². The number of halogens is 1. The maximum Gasteiger partial charge on any atom is 0.312 e. The first-order valence-corrected chi connectivity index (χ1v) is 7.04. The molecule has 0 aromatic heterocycles. The van der Waals surface area contributed by atoms with E-state index in [0.29, 0.717) is 4.83 Å². The molecular formula is C13H23BrO2. The van der Waals surface area contributed by atoms with E-state index in [2.05, 4.69) is 22.9 Å². The Kier molecular flexibility index (Phi) is 4.44. The quantitative estimate of drug-likeness (QED) is 0.564. The van der Waals surface area contributed by atoms with Gasteiger partial charge in [-0.05, 0) is 46.5 Å². The number of hydrogen-bond donors (Lipinski definition) is 0. The van der Waals surface area contributed by atoms with Gasteiger partial charge >= 0.3 is 5.97 Å². The van der Waals surface area contributed by atoms with Crippen LogP contribution >= 0.6 is 15.9 Å². The van der Waals surface area contributed by atoms with E-state index < -0.39 is 0 Å². The molecular weight excluding hydrogens is 268 g/mol. The summed E-state index contributed by atoms with van der Waals surface area (Å²) in [7, 11) is 0. The normalized spacial score (nSPS) is 20.3. The van der Waals surface area contributed by atoms with Crippen LogP contribution < -0.4 is 0 Å². The largest absolute Gasteiger partial charge is 0.460 e. The van der Waals surface area contributed by atoms with Gasteiger partial charge in [-0.25, -0.2) is 0 Å². The fourth-order valence-electron chi connectivity index (χ4n) is 1.82. The van der Waals surface area contributed by atoms with Crippen molar-refractivity contribution < 1.29 is 9.53 Å². The third kappa shape index (κ3) is 4.44. The summed E-state index contributed by atoms with van der Waals surface area (Å²) in [5, 5.41) is 0. The summed E-state index contributed by atoms with van der Waals surface area (Å²) in [6, 6.07) is 0. The zero-order valence-electron chi connectivity index (χ0n) is 10.8. The van der Waals surface area contributed by atoms with Crippen molar-refractivity contribution in [3.8, 4) is 0 Å². The summed E-state index contributed by atoms with van der Waals surface area (Å²) in [5.41, 5.74) is -0.482. The van der Waals surface area contributed by atoms with Crippen LogP contribution in [0.15, 0.2) is 0 Å². The predicted molar refractivity (Wildman–Crippen MR) is 69.8 cm³/mol. The van der Waals surface area contributed by atoms with Crippen LogP contribution in [0.2, 0.25) is 0 Å². The average molecular weight is 291 g/mol. The molecule has 0 saturated heterocycles. The highest BCUT2D eigenvalue weighted by atomic mass is 79.9. The number of alkyl halides is 1. The Bertz CT molecular complexity index is 249. The van der Waals surface area contributed by atoms with Gasteiger partial charge in [0.15, 0.2) is 0 Å². The van der Waals surface area contributed by atoms with Crippen molar-refractivity contribution in [2.75, 3.05) is 0 Å². The molecule has 0 aliphatic heterocycles. The summed E-state index contributed by atoms with van der Waals surface area (Å²) in [5.74, 6) is 0.0159. The molecule has 2 nitrogen and oxygen atoms in total. The van der Waals surface area contributed by atoms with Crippen LogP contribution in [0.1, 0.15) is 59.8 Å². The summed E-state index contributed by atoms with van der Waals surface area (Å²) in [4.78, 5) is 12.5. The molecule has 1 unspecified atom stereocenters. The number of carbonyl (C=O) groups excluding carboxylic acids is 1. The van der Waals surface area contributed by atoms with Gasteiger partial charge in [-0.1, -0.05) is 29.3 Å². The minimum atomic E-state index is -0.352. The zero-order valence-corrected chi connectivity index (χ0v) is 12.4. The fraction of sp³-hybridized carbons (Fsp3) is 0.923. The number of hydrogen-bond acceptors (Lipinski definition) is 2. The molecule has 0 radical (unpaired) electrons. The lowest BCUT2D eigenvalue weighted by Crippen LogP contribution is -2.29. The highest BCUT2D eigenvalue weighted by Crippen LogP contribution is 2.51. The van der Waals surface area contributed by atoms with Gasteiger partial charge in [0.25, 0.3) is 0 Å². The first-order chi connectivity index (χ1) is 7.25. The minimum Gasteiger partial charge on any atom is -0.460 e. The monoisotopic (exact) mass is 290 g/mol. The summed E-state index contributed by atoms with van der Waals surface area (Å²) in [6.45, 7) is 7.94. The van der Waals surface area contributed by atoms with Gasteiger partial charge in [-0.3, -0.25) is 4.79 Å². The van der Waals surface area contributed by atoms with Crippen molar-refractivity contribution >= 4 is 21.9 Å². The lowest BCUT2D eigenvalue weighted by molar-refractivity contribution is -0.162. The van der Waals surface area contributed by atoms with Gasteiger partial charge in [0.2, 0.25) is 0 Å². The molecule has 1 saturated carbocycles. The first kappa shape index (κ1) is 14.0. The zero-order chi connectivity index (χ0) is 12.4. The van der Waals surface area contributed by atoms with Crippen LogP contribution in [-0.4, -0.2) is 16.4 Å². The van der Waals surface area contributed by atoms with Gasteiger partial charge in [0.1, 0.15) is 5.60 Å². The van der Waals surface area contributed by atoms with Crippen LogP contribution in [0, 0.1) is 5.41 Å². The van der Waals surface area contributed by atoms with Crippen molar-refractivity contribution in [3.63, 3.8) is 0 Å². The number of ether oxygens (including phenoxy) is 1. The number of esters is 1. The van der Waals surface area contributed by atoms with Crippen molar-refractivity contribution in [2.24, 2.45) is 5.41 Å². The Morgan fingerprint density at radius 1 is 1.44 bits per heavy atom. The lowest BCUT2D eigenvalue weighted by atomic mass is 9.98. The molecule has 0 aromatic carbocycles. The molecule has 0 bridgehead atoms. The third-order valence-corrected chi connectivity index (χ3v) is 3.40. The molecule has 1 atom stereocenters. The highest BCUT2D eigenvalue weighted by Gasteiger charge is 2.51. The molecule has 1 fully saturated rings. The molecule has 94 valence electrons. The first-order valence-electron chi connectivity index (χ1n) is 6.13. The molecule has 0 aromatic rings. The predicted octanol–water partition coefficient (Wildman–Crippen LogP) is 4.06. The van der Waals surface area contributed by atoms with Crippen molar-refractivity contribution in [3.05, 3.63) is 0 Å². The summed E-state index contributed by atoms with van der Waals surface area (Å²) < 4.78 is 5.47. The molecule has 0 spiro atoms. The van der Waals surface area contributed by atoms with Crippen LogP contribution in [0.5, 0.6) is 0 Å². The second kappa shape index (κ2) is 5.07. The van der Waals surface area contributed by atoms with Gasteiger partial charge in [0.05, 0.1) is 5.41 Å². The van der Waals surface area contributed by atoms with E-state index in [-0.39, 0.29) is 17.0 Å². The van der Waals surface area contributed by atoms with Crippen LogP contribution in [0.3, 0.4) is 0 Å². The third-order valence-electron chi connectivity index (χ3n) is 2.94. The van der Waals surface area contributed by atoms with Gasteiger partial charge < -0.3 is 4.74 Å². The van der Waals surface area contributed by atoms with Crippen molar-refractivity contribution in [1.29, 1.82) is 0 Å². The van der Waals surface area contributed by atoms with Gasteiger partial charge in [0, 0.05) is 4.83 Å². The Morgan fingerprint density at radius 2 is 2.00 bits per heavy atom. The Balaban J connectivity index is 2.37. The second-order valence-corrected chi connectivity index (χ2v) is 7.52. The Hall–Kier alpha value is -0.0500. The second-order valence-electron chi connectivity index (χ2n) is 5.96. The molecule has 1 rings (SSSR count). The topological polar surface area (TPSA) is 26.3 Å². The molecule has 0 N–H and O–H groups in total. The standard InChI is InChI=1S/C13H23BrO2/c1-10(14)6-5-7-13(8-9-13)11(15)16-12(2,3)4/h10H,5-9H2,1-4H3. The summed E-state index contributed by atoms with van der Waals surface area (Å²) in [6.07, 6.45) is 5.24. The highest BCUT2D eigenvalue weighted by molar-refractivity contribution is 9.09. The van der Waals surface area contributed by atoms with Crippen molar-refractivity contribution in [1.82, 2.24) is 0 Å². The number of rotatable bonds is 5. The molecule has 1 aliphatic rings. The molecule has 1 aliphatic carbocycles. The van der Waals surface area contributed by atoms with E-state index in [9.17, 15) is 4.79 Å². The SMILES string of the molecule is CC(Br)CCCC1(C(=O)OC(C)(C)C)CC1. The maximum absolute atomic E-state index is 12.0. The van der Waals surface area contributed by atoms with E-state index in [0.717, 1.165) is 32.1 Å². The fourth-order valence-corrected chi connectivity index (χ4v) is 2.14. The average Bonchev–Trinajstić information content (AvgIpc) is 2.81. The Labute approximate surface area is 107 Å². The number of carbonyl (C=O) groups is 1. The minimum absolute atomic E-state index is 0.0159. The van der Waals surface area contributed by atoms with E-state index >= 15 is 0 Å². The van der Waals surface area contributed by atoms with E-state index in [1.54, 1.807) is 0 Å². The molecule has 0 heterocycles. The maximum atomic E-state index is 12.0. The Morgan fingerprint density at radius 3 is 2.38 bits per heavy atom. The lowest BCUT2D eigenvalue weighted by Gasteiger charge is -2.23. The van der Waals surface area contributed by atoms with E-state index in [4.69, 9.17) is 4.74 Å². The molecule has 0 amide bonds.